The summed E-state index contributed by atoms with van der Waals surface area (Å²) in [7, 11) is 0. The predicted octanol–water partition coefficient (Wildman–Crippen LogP) is 10.4. The number of para-hydroxylation sites is 2. The van der Waals surface area contributed by atoms with E-state index in [1.54, 1.807) is 0 Å². The van der Waals surface area contributed by atoms with Gasteiger partial charge in [0.25, 0.3) is 0 Å². The number of hydrogen-bond donors (Lipinski definition) is 0. The lowest BCUT2D eigenvalue weighted by Gasteiger charge is -2.40. The third-order valence-electron chi connectivity index (χ3n) is 8.60. The molecule has 1 aliphatic carbocycles. The van der Waals surface area contributed by atoms with Crippen LogP contribution in [0, 0.1) is 0 Å². The minimum Gasteiger partial charge on any atom is -0.456 e. The van der Waals surface area contributed by atoms with Gasteiger partial charge in [0.1, 0.15) is 22.7 Å². The maximum atomic E-state index is 6.98. The second-order valence-corrected chi connectivity index (χ2v) is 11.0. The van der Waals surface area contributed by atoms with Gasteiger partial charge in [-0.1, -0.05) is 103 Å². The van der Waals surface area contributed by atoms with Crippen LogP contribution in [0.4, 0.5) is 0 Å². The molecule has 1 aliphatic heterocycles. The molecule has 1 spiro atoms. The standard InChI is InChI=1S/C37H21ClO2/c38-23-20-28(22-17-18-27-26-11-3-7-15-33(26)39-35(27)19-22)36-32(21-23)37(31-14-6-8-16-34(31)40-36)29-12-4-1-9-24(29)25-10-2-5-13-30(25)37/h1-21H. The van der Waals surface area contributed by atoms with Crippen molar-refractivity contribution < 1.29 is 9.15 Å². The van der Waals surface area contributed by atoms with Gasteiger partial charge in [-0.3, -0.25) is 0 Å². The first kappa shape index (κ1) is 22.1. The van der Waals surface area contributed by atoms with Gasteiger partial charge in [0, 0.05) is 32.5 Å². The fourth-order valence-corrected chi connectivity index (χ4v) is 7.24. The van der Waals surface area contributed by atoms with Crippen LogP contribution in [0.2, 0.25) is 5.02 Å². The molecule has 2 aliphatic rings. The first-order chi connectivity index (χ1) is 19.7. The molecule has 2 nitrogen and oxygen atoms in total. The molecule has 40 heavy (non-hydrogen) atoms. The first-order valence-corrected chi connectivity index (χ1v) is 13.8. The van der Waals surface area contributed by atoms with Gasteiger partial charge >= 0.3 is 0 Å². The third-order valence-corrected chi connectivity index (χ3v) is 8.82. The van der Waals surface area contributed by atoms with E-state index in [1.165, 1.54) is 22.3 Å². The van der Waals surface area contributed by atoms with Crippen LogP contribution in [0.1, 0.15) is 22.3 Å². The lowest BCUT2D eigenvalue weighted by atomic mass is 9.65. The van der Waals surface area contributed by atoms with Gasteiger partial charge in [-0.25, -0.2) is 0 Å². The quantitative estimate of drug-likeness (QED) is 0.210. The van der Waals surface area contributed by atoms with E-state index in [-0.39, 0.29) is 0 Å². The number of hydrogen-bond acceptors (Lipinski definition) is 2. The van der Waals surface area contributed by atoms with E-state index in [0.29, 0.717) is 5.02 Å². The molecule has 0 unspecified atom stereocenters. The van der Waals surface area contributed by atoms with E-state index >= 15 is 0 Å². The van der Waals surface area contributed by atoms with Gasteiger partial charge in [-0.2, -0.15) is 0 Å². The largest absolute Gasteiger partial charge is 0.456 e. The molecule has 188 valence electrons. The molecule has 0 amide bonds. The summed E-state index contributed by atoms with van der Waals surface area (Å²) in [5.74, 6) is 1.68. The molecule has 0 saturated carbocycles. The maximum absolute atomic E-state index is 6.98. The Hall–Kier alpha value is -4.79. The van der Waals surface area contributed by atoms with Crippen molar-refractivity contribution in [2.24, 2.45) is 0 Å². The molecule has 3 heteroatoms. The highest BCUT2D eigenvalue weighted by molar-refractivity contribution is 6.31. The molecule has 6 aromatic carbocycles. The monoisotopic (exact) mass is 532 g/mol. The van der Waals surface area contributed by atoms with Crippen molar-refractivity contribution in [3.63, 3.8) is 0 Å². The van der Waals surface area contributed by atoms with Gasteiger partial charge in [-0.15, -0.1) is 0 Å². The number of halogens is 1. The maximum Gasteiger partial charge on any atom is 0.140 e. The van der Waals surface area contributed by atoms with Crippen LogP contribution in [0.15, 0.2) is 132 Å². The Bertz CT molecular complexity index is 2120. The molecule has 9 rings (SSSR count). The number of furan rings is 1. The molecule has 0 radical (unpaired) electrons. The Balaban J connectivity index is 1.39. The Morgan fingerprint density at radius 1 is 0.500 bits per heavy atom. The Kier molecular flexibility index (Phi) is 4.35. The van der Waals surface area contributed by atoms with Crippen molar-refractivity contribution in [2.75, 3.05) is 0 Å². The minimum atomic E-state index is -0.555. The second-order valence-electron chi connectivity index (χ2n) is 10.6. The molecular weight excluding hydrogens is 512 g/mol. The summed E-state index contributed by atoms with van der Waals surface area (Å²) < 4.78 is 13.1. The van der Waals surface area contributed by atoms with Gasteiger partial charge in [0.05, 0.1) is 5.41 Å². The van der Waals surface area contributed by atoms with Crippen LogP contribution in [-0.4, -0.2) is 0 Å². The highest BCUT2D eigenvalue weighted by Gasteiger charge is 2.51. The molecular formula is C37H21ClO2. The van der Waals surface area contributed by atoms with Crippen molar-refractivity contribution in [2.45, 2.75) is 5.41 Å². The summed E-state index contributed by atoms with van der Waals surface area (Å²) in [5.41, 5.74) is 10.3. The van der Waals surface area contributed by atoms with Gasteiger partial charge in [0.2, 0.25) is 0 Å². The van der Waals surface area contributed by atoms with Crippen molar-refractivity contribution in [3.05, 3.63) is 155 Å². The highest BCUT2D eigenvalue weighted by Crippen LogP contribution is 2.63. The number of benzene rings is 6. The third kappa shape index (κ3) is 2.74. The van der Waals surface area contributed by atoms with Crippen LogP contribution < -0.4 is 4.74 Å². The van der Waals surface area contributed by atoms with E-state index in [0.717, 1.165) is 55.7 Å². The van der Waals surface area contributed by atoms with Gasteiger partial charge in [0.15, 0.2) is 0 Å². The minimum absolute atomic E-state index is 0.555. The van der Waals surface area contributed by atoms with Crippen molar-refractivity contribution in [1.29, 1.82) is 0 Å². The predicted molar refractivity (Wildman–Crippen MR) is 162 cm³/mol. The van der Waals surface area contributed by atoms with Crippen LogP contribution in [0.3, 0.4) is 0 Å². The molecule has 0 atom stereocenters. The summed E-state index contributed by atoms with van der Waals surface area (Å²) in [6, 6.07) is 44.5. The fourth-order valence-electron chi connectivity index (χ4n) is 7.03. The van der Waals surface area contributed by atoms with E-state index in [4.69, 9.17) is 20.8 Å². The fraction of sp³-hybridized carbons (Fsp3) is 0.0270. The van der Waals surface area contributed by atoms with E-state index in [9.17, 15) is 0 Å². The Labute approximate surface area is 236 Å². The zero-order valence-corrected chi connectivity index (χ0v) is 22.1. The van der Waals surface area contributed by atoms with Crippen molar-refractivity contribution in [1.82, 2.24) is 0 Å². The smallest absolute Gasteiger partial charge is 0.140 e. The lowest BCUT2D eigenvalue weighted by molar-refractivity contribution is 0.438. The van der Waals surface area contributed by atoms with Crippen LogP contribution in [0.5, 0.6) is 11.5 Å². The van der Waals surface area contributed by atoms with Crippen LogP contribution >= 0.6 is 11.6 Å². The zero-order valence-electron chi connectivity index (χ0n) is 21.3. The number of rotatable bonds is 1. The van der Waals surface area contributed by atoms with Gasteiger partial charge in [-0.05, 0) is 64.2 Å². The Morgan fingerprint density at radius 2 is 1.15 bits per heavy atom. The first-order valence-electron chi connectivity index (χ1n) is 13.5. The topological polar surface area (TPSA) is 22.4 Å². The summed E-state index contributed by atoms with van der Waals surface area (Å²) >= 11 is 6.98. The van der Waals surface area contributed by atoms with Crippen LogP contribution in [0.25, 0.3) is 44.2 Å². The van der Waals surface area contributed by atoms with Crippen molar-refractivity contribution >= 4 is 33.5 Å². The van der Waals surface area contributed by atoms with E-state index < -0.39 is 5.41 Å². The summed E-state index contributed by atoms with van der Waals surface area (Å²) in [4.78, 5) is 0. The van der Waals surface area contributed by atoms with E-state index in [1.807, 2.05) is 30.3 Å². The Morgan fingerprint density at radius 3 is 1.95 bits per heavy atom. The molecule has 0 fully saturated rings. The molecule has 7 aromatic rings. The molecule has 0 bridgehead atoms. The highest BCUT2D eigenvalue weighted by atomic mass is 35.5. The zero-order chi connectivity index (χ0) is 26.4. The second kappa shape index (κ2) is 7.88. The molecule has 0 saturated heterocycles. The average Bonchev–Trinajstić information content (AvgIpc) is 3.51. The number of fused-ring (bicyclic) bond motifs is 12. The van der Waals surface area contributed by atoms with Crippen molar-refractivity contribution in [3.8, 4) is 33.8 Å². The normalized spacial score (nSPS) is 14.0. The van der Waals surface area contributed by atoms with E-state index in [2.05, 4.69) is 97.1 Å². The number of ether oxygens (including phenoxy) is 1. The summed E-state index contributed by atoms with van der Waals surface area (Å²) in [5, 5.41) is 2.87. The SMILES string of the molecule is Clc1cc(-c2ccc3c(c2)oc2ccccc23)c2c(c1)C1(c3ccccc3O2)c2ccccc2-c2ccccc21. The molecule has 2 heterocycles. The summed E-state index contributed by atoms with van der Waals surface area (Å²) in [6.07, 6.45) is 0. The van der Waals surface area contributed by atoms with Gasteiger partial charge < -0.3 is 9.15 Å². The molecule has 0 N–H and O–H groups in total. The average molecular weight is 533 g/mol. The molecule has 1 aromatic heterocycles. The lowest BCUT2D eigenvalue weighted by Crippen LogP contribution is -2.32. The van der Waals surface area contributed by atoms with Crippen LogP contribution in [-0.2, 0) is 5.41 Å². The summed E-state index contributed by atoms with van der Waals surface area (Å²) in [6.45, 7) is 0.